The van der Waals surface area contributed by atoms with Gasteiger partial charge in [0.1, 0.15) is 0 Å². The average molecular weight is 485 g/mol. The molecular weight excluding hydrogens is 453 g/mol. The van der Waals surface area contributed by atoms with E-state index >= 15 is 0 Å². The van der Waals surface area contributed by atoms with E-state index in [1.165, 1.54) is 0 Å². The van der Waals surface area contributed by atoms with E-state index in [0.717, 1.165) is 77.0 Å². The van der Waals surface area contributed by atoms with Crippen molar-refractivity contribution in [2.24, 2.45) is 4.99 Å². The van der Waals surface area contributed by atoms with E-state index in [9.17, 15) is 0 Å². The van der Waals surface area contributed by atoms with Gasteiger partial charge in [-0.05, 0) is 32.3 Å². The number of nitrogens with zero attached hydrogens (tertiary/aromatic N) is 5. The van der Waals surface area contributed by atoms with Gasteiger partial charge in [-0.15, -0.1) is 24.0 Å². The van der Waals surface area contributed by atoms with Crippen molar-refractivity contribution in [3.8, 4) is 0 Å². The lowest BCUT2D eigenvalue weighted by Gasteiger charge is -2.34. The number of hydrogen-bond acceptors (Lipinski definition) is 5. The van der Waals surface area contributed by atoms with Gasteiger partial charge in [0.2, 0.25) is 5.95 Å². The number of piperazine rings is 1. The Hall–Kier alpha value is -1.42. The monoisotopic (exact) mass is 485 g/mol. The first-order valence-electron chi connectivity index (χ1n) is 9.79. The number of hydrogen-bond donors (Lipinski definition) is 2. The summed E-state index contributed by atoms with van der Waals surface area (Å²) >= 11 is 0. The fraction of sp³-hybridized carbons (Fsp3) is 0.632. The molecule has 0 unspecified atom stereocenters. The first-order valence-corrected chi connectivity index (χ1v) is 9.79. The lowest BCUT2D eigenvalue weighted by atomic mass is 10.2. The predicted molar refractivity (Wildman–Crippen MR) is 122 cm³/mol. The van der Waals surface area contributed by atoms with E-state index in [-0.39, 0.29) is 24.0 Å². The van der Waals surface area contributed by atoms with E-state index < -0.39 is 0 Å². The second-order valence-electron chi connectivity index (χ2n) is 6.78. The van der Waals surface area contributed by atoms with Gasteiger partial charge in [-0.3, -0.25) is 9.89 Å². The first-order chi connectivity index (χ1) is 12.8. The van der Waals surface area contributed by atoms with Crippen LogP contribution in [0.2, 0.25) is 0 Å². The zero-order valence-electron chi connectivity index (χ0n) is 16.2. The summed E-state index contributed by atoms with van der Waals surface area (Å²) in [6.45, 7) is 9.07. The Bertz CT molecular complexity index is 577. The highest BCUT2D eigenvalue weighted by molar-refractivity contribution is 14.0. The molecule has 1 aliphatic carbocycles. The van der Waals surface area contributed by atoms with E-state index in [1.807, 2.05) is 18.5 Å². The Labute approximate surface area is 179 Å². The van der Waals surface area contributed by atoms with Crippen LogP contribution in [0.1, 0.15) is 26.2 Å². The van der Waals surface area contributed by atoms with Gasteiger partial charge in [0.25, 0.3) is 0 Å². The minimum Gasteiger partial charge on any atom is -0.357 e. The van der Waals surface area contributed by atoms with Crippen LogP contribution < -0.4 is 15.5 Å². The van der Waals surface area contributed by atoms with Gasteiger partial charge in [0.15, 0.2) is 5.96 Å². The number of guanidine groups is 1. The molecule has 0 amide bonds. The second-order valence-corrected chi connectivity index (χ2v) is 6.78. The SMILES string of the molecule is CCNC(=NCCCN1CCN(c2ncccn2)CC1)NC1CC=CC1.I. The fourth-order valence-corrected chi connectivity index (χ4v) is 3.36. The molecule has 1 aliphatic heterocycles. The Kier molecular flexibility index (Phi) is 9.82. The fourth-order valence-electron chi connectivity index (χ4n) is 3.36. The molecule has 0 atom stereocenters. The minimum absolute atomic E-state index is 0. The lowest BCUT2D eigenvalue weighted by molar-refractivity contribution is 0.255. The lowest BCUT2D eigenvalue weighted by Crippen LogP contribution is -2.47. The van der Waals surface area contributed by atoms with Crippen LogP contribution >= 0.6 is 24.0 Å². The van der Waals surface area contributed by atoms with E-state index in [4.69, 9.17) is 4.99 Å². The molecule has 1 fully saturated rings. The maximum absolute atomic E-state index is 4.73. The molecule has 2 N–H and O–H groups in total. The highest BCUT2D eigenvalue weighted by atomic mass is 127. The van der Waals surface area contributed by atoms with Crippen molar-refractivity contribution < 1.29 is 0 Å². The summed E-state index contributed by atoms with van der Waals surface area (Å²) in [6.07, 6.45) is 11.4. The van der Waals surface area contributed by atoms with Crippen molar-refractivity contribution in [1.82, 2.24) is 25.5 Å². The van der Waals surface area contributed by atoms with Crippen LogP contribution in [0.4, 0.5) is 5.95 Å². The number of nitrogens with one attached hydrogen (secondary N) is 2. The summed E-state index contributed by atoms with van der Waals surface area (Å²) in [7, 11) is 0. The molecule has 2 heterocycles. The Morgan fingerprint density at radius 1 is 1.15 bits per heavy atom. The minimum atomic E-state index is 0. The third-order valence-electron chi connectivity index (χ3n) is 4.80. The second kappa shape index (κ2) is 12.1. The van der Waals surface area contributed by atoms with Crippen LogP contribution in [-0.4, -0.2) is 72.7 Å². The molecule has 150 valence electrons. The standard InChI is InChI=1S/C19H31N7.HI/c1-2-20-18(24-17-7-3-4-8-17)21-11-6-12-25-13-15-26(16-14-25)19-22-9-5-10-23-19;/h3-5,9-10,17H,2,6-8,11-16H2,1H3,(H2,20,21,24);1H. The Morgan fingerprint density at radius 3 is 2.52 bits per heavy atom. The smallest absolute Gasteiger partial charge is 0.225 e. The third kappa shape index (κ3) is 7.25. The maximum Gasteiger partial charge on any atom is 0.225 e. The summed E-state index contributed by atoms with van der Waals surface area (Å²) in [6, 6.07) is 2.36. The molecule has 27 heavy (non-hydrogen) atoms. The zero-order valence-corrected chi connectivity index (χ0v) is 18.5. The molecule has 0 saturated carbocycles. The van der Waals surface area contributed by atoms with E-state index in [1.54, 1.807) is 0 Å². The van der Waals surface area contributed by atoms with Crippen LogP contribution in [-0.2, 0) is 0 Å². The van der Waals surface area contributed by atoms with Crippen LogP contribution in [0, 0.1) is 0 Å². The van der Waals surface area contributed by atoms with Crippen molar-refractivity contribution in [3.63, 3.8) is 0 Å². The van der Waals surface area contributed by atoms with E-state index in [0.29, 0.717) is 6.04 Å². The molecule has 2 aliphatic rings. The maximum atomic E-state index is 4.73. The number of aliphatic imine (C=N–C) groups is 1. The first kappa shape index (κ1) is 21.9. The van der Waals surface area contributed by atoms with Crippen molar-refractivity contribution in [2.45, 2.75) is 32.2 Å². The molecule has 1 aromatic heterocycles. The number of rotatable bonds is 7. The quantitative estimate of drug-likeness (QED) is 0.202. The van der Waals surface area contributed by atoms with Crippen molar-refractivity contribution in [1.29, 1.82) is 0 Å². The summed E-state index contributed by atoms with van der Waals surface area (Å²) in [5, 5.41) is 6.87. The third-order valence-corrected chi connectivity index (χ3v) is 4.80. The van der Waals surface area contributed by atoms with Gasteiger partial charge < -0.3 is 15.5 Å². The highest BCUT2D eigenvalue weighted by Crippen LogP contribution is 2.10. The summed E-state index contributed by atoms with van der Waals surface area (Å²) in [5.74, 6) is 1.80. The zero-order chi connectivity index (χ0) is 18.0. The molecule has 3 rings (SSSR count). The number of halogens is 1. The molecular formula is C19H32IN7. The molecule has 0 aromatic carbocycles. The summed E-state index contributed by atoms with van der Waals surface area (Å²) in [4.78, 5) is 18.2. The Morgan fingerprint density at radius 2 is 1.85 bits per heavy atom. The predicted octanol–water partition coefficient (Wildman–Crippen LogP) is 1.88. The topological polar surface area (TPSA) is 68.7 Å². The van der Waals surface area contributed by atoms with Crippen LogP contribution in [0.3, 0.4) is 0 Å². The van der Waals surface area contributed by atoms with Gasteiger partial charge in [0, 0.05) is 64.2 Å². The molecule has 1 aromatic rings. The normalized spacial score (nSPS) is 18.4. The molecule has 0 radical (unpaired) electrons. The van der Waals surface area contributed by atoms with Crippen molar-refractivity contribution in [2.75, 3.05) is 50.7 Å². The summed E-state index contributed by atoms with van der Waals surface area (Å²) in [5.41, 5.74) is 0. The molecule has 1 saturated heterocycles. The Balaban J connectivity index is 0.00000261. The van der Waals surface area contributed by atoms with Gasteiger partial charge >= 0.3 is 0 Å². The number of anilines is 1. The molecule has 0 bridgehead atoms. The van der Waals surface area contributed by atoms with Crippen LogP contribution in [0.15, 0.2) is 35.6 Å². The van der Waals surface area contributed by atoms with Crippen LogP contribution in [0.25, 0.3) is 0 Å². The number of aromatic nitrogens is 2. The molecule has 8 heteroatoms. The highest BCUT2D eigenvalue weighted by Gasteiger charge is 2.18. The van der Waals surface area contributed by atoms with Gasteiger partial charge in [-0.25, -0.2) is 9.97 Å². The van der Waals surface area contributed by atoms with Gasteiger partial charge in [0.05, 0.1) is 0 Å². The van der Waals surface area contributed by atoms with Crippen molar-refractivity contribution >= 4 is 35.9 Å². The molecule has 0 spiro atoms. The van der Waals surface area contributed by atoms with Gasteiger partial charge in [-0.1, -0.05) is 12.2 Å². The van der Waals surface area contributed by atoms with E-state index in [2.05, 4.69) is 49.5 Å². The van der Waals surface area contributed by atoms with Crippen molar-refractivity contribution in [3.05, 3.63) is 30.6 Å². The van der Waals surface area contributed by atoms with Gasteiger partial charge in [-0.2, -0.15) is 0 Å². The largest absolute Gasteiger partial charge is 0.357 e. The van der Waals surface area contributed by atoms with Crippen LogP contribution in [0.5, 0.6) is 0 Å². The summed E-state index contributed by atoms with van der Waals surface area (Å²) < 4.78 is 0. The average Bonchev–Trinajstić information content (AvgIpc) is 3.19. The molecule has 7 nitrogen and oxygen atoms in total.